The smallest absolute Gasteiger partial charge is 0.307 e. The van der Waals surface area contributed by atoms with Crippen molar-refractivity contribution in [3.05, 3.63) is 12.2 Å². The van der Waals surface area contributed by atoms with Gasteiger partial charge in [0.05, 0.1) is 12.0 Å². The molecule has 0 radical (unpaired) electrons. The maximum Gasteiger partial charge on any atom is 0.307 e. The van der Waals surface area contributed by atoms with Crippen molar-refractivity contribution in [3.8, 4) is 0 Å². The molecular weight excluding hydrogens is 168 g/mol. The van der Waals surface area contributed by atoms with Crippen LogP contribution in [0.4, 0.5) is 0 Å². The SMILES string of the molecule is O=C(O)[C@@H]1[C@@H]2CCC/C=C\[C@H](O)[C@@H]21. The Morgan fingerprint density at radius 3 is 2.92 bits per heavy atom. The molecule has 0 heterocycles. The van der Waals surface area contributed by atoms with Crippen molar-refractivity contribution >= 4 is 5.97 Å². The summed E-state index contributed by atoms with van der Waals surface area (Å²) in [6.07, 6.45) is 6.13. The van der Waals surface area contributed by atoms with Crippen LogP contribution in [0.15, 0.2) is 12.2 Å². The van der Waals surface area contributed by atoms with Crippen LogP contribution in [0.5, 0.6) is 0 Å². The average Bonchev–Trinajstić information content (AvgIpc) is 2.74. The number of hydrogen-bond acceptors (Lipinski definition) is 2. The Kier molecular flexibility index (Phi) is 2.12. The van der Waals surface area contributed by atoms with E-state index in [1.165, 1.54) is 0 Å². The van der Waals surface area contributed by atoms with Gasteiger partial charge in [-0.15, -0.1) is 0 Å². The molecule has 0 aromatic rings. The van der Waals surface area contributed by atoms with Crippen LogP contribution in [0.25, 0.3) is 0 Å². The fourth-order valence-electron chi connectivity index (χ4n) is 2.42. The van der Waals surface area contributed by atoms with Crippen LogP contribution in [-0.2, 0) is 4.79 Å². The minimum Gasteiger partial charge on any atom is -0.481 e. The molecule has 0 aromatic heterocycles. The van der Waals surface area contributed by atoms with E-state index >= 15 is 0 Å². The molecule has 1 saturated carbocycles. The summed E-state index contributed by atoms with van der Waals surface area (Å²) in [4.78, 5) is 10.8. The fraction of sp³-hybridized carbons (Fsp3) is 0.700. The predicted octanol–water partition coefficient (Wildman–Crippen LogP) is 1.03. The van der Waals surface area contributed by atoms with E-state index in [9.17, 15) is 9.90 Å². The molecule has 2 aliphatic carbocycles. The van der Waals surface area contributed by atoms with Gasteiger partial charge in [0, 0.05) is 5.92 Å². The Hall–Kier alpha value is -0.830. The van der Waals surface area contributed by atoms with Crippen molar-refractivity contribution in [2.45, 2.75) is 25.4 Å². The third-order valence-electron chi connectivity index (χ3n) is 3.15. The average molecular weight is 182 g/mol. The van der Waals surface area contributed by atoms with Gasteiger partial charge in [-0.2, -0.15) is 0 Å². The summed E-state index contributed by atoms with van der Waals surface area (Å²) in [5.74, 6) is -0.839. The van der Waals surface area contributed by atoms with Crippen LogP contribution < -0.4 is 0 Å². The minimum absolute atomic E-state index is 0.0194. The normalized spacial score (nSPS) is 45.6. The highest BCUT2D eigenvalue weighted by Gasteiger charge is 2.57. The lowest BCUT2D eigenvalue weighted by Gasteiger charge is -2.06. The van der Waals surface area contributed by atoms with Gasteiger partial charge >= 0.3 is 5.97 Å². The molecule has 72 valence electrons. The van der Waals surface area contributed by atoms with Gasteiger partial charge in [-0.1, -0.05) is 12.2 Å². The summed E-state index contributed by atoms with van der Waals surface area (Å²) in [6, 6.07) is 0. The van der Waals surface area contributed by atoms with E-state index in [1.807, 2.05) is 6.08 Å². The molecule has 0 aliphatic heterocycles. The number of aliphatic carboxylic acids is 1. The molecule has 13 heavy (non-hydrogen) atoms. The number of carboxylic acid groups (broad SMARTS) is 1. The van der Waals surface area contributed by atoms with Gasteiger partial charge in [-0.3, -0.25) is 4.79 Å². The zero-order chi connectivity index (χ0) is 9.42. The monoisotopic (exact) mass is 182 g/mol. The number of fused-ring (bicyclic) bond motifs is 1. The molecule has 2 rings (SSSR count). The molecule has 2 aliphatic rings. The Bertz CT molecular complexity index is 247. The zero-order valence-electron chi connectivity index (χ0n) is 7.39. The Balaban J connectivity index is 2.09. The van der Waals surface area contributed by atoms with Gasteiger partial charge in [0.25, 0.3) is 0 Å². The molecule has 3 heteroatoms. The summed E-state index contributed by atoms with van der Waals surface area (Å²) < 4.78 is 0. The summed E-state index contributed by atoms with van der Waals surface area (Å²) >= 11 is 0. The Morgan fingerprint density at radius 1 is 1.46 bits per heavy atom. The largest absolute Gasteiger partial charge is 0.481 e. The van der Waals surface area contributed by atoms with E-state index in [0.717, 1.165) is 19.3 Å². The third-order valence-corrected chi connectivity index (χ3v) is 3.15. The molecule has 0 saturated heterocycles. The summed E-state index contributed by atoms with van der Waals surface area (Å²) in [7, 11) is 0. The highest BCUT2D eigenvalue weighted by molar-refractivity contribution is 5.74. The molecule has 1 fully saturated rings. The van der Waals surface area contributed by atoms with Crippen LogP contribution in [0.3, 0.4) is 0 Å². The van der Waals surface area contributed by atoms with Crippen LogP contribution in [0, 0.1) is 17.8 Å². The van der Waals surface area contributed by atoms with Gasteiger partial charge in [0.1, 0.15) is 0 Å². The van der Waals surface area contributed by atoms with Crippen molar-refractivity contribution in [1.29, 1.82) is 0 Å². The molecule has 2 N–H and O–H groups in total. The molecular formula is C10H14O3. The van der Waals surface area contributed by atoms with E-state index < -0.39 is 12.1 Å². The first-order valence-corrected chi connectivity index (χ1v) is 4.79. The number of carbonyl (C=O) groups is 1. The van der Waals surface area contributed by atoms with Crippen molar-refractivity contribution in [2.75, 3.05) is 0 Å². The molecule has 4 atom stereocenters. The molecule has 0 unspecified atom stereocenters. The number of allylic oxidation sites excluding steroid dienone is 1. The van der Waals surface area contributed by atoms with E-state index in [4.69, 9.17) is 5.11 Å². The lowest BCUT2D eigenvalue weighted by Crippen LogP contribution is -2.11. The first kappa shape index (κ1) is 8.75. The van der Waals surface area contributed by atoms with E-state index in [2.05, 4.69) is 0 Å². The number of carboxylic acids is 1. The van der Waals surface area contributed by atoms with Crippen LogP contribution in [-0.4, -0.2) is 22.3 Å². The van der Waals surface area contributed by atoms with Gasteiger partial charge in [0.2, 0.25) is 0 Å². The van der Waals surface area contributed by atoms with Crippen molar-refractivity contribution < 1.29 is 15.0 Å². The van der Waals surface area contributed by atoms with Crippen LogP contribution in [0.2, 0.25) is 0 Å². The summed E-state index contributed by atoms with van der Waals surface area (Å²) in [5, 5.41) is 18.4. The lowest BCUT2D eigenvalue weighted by molar-refractivity contribution is -0.139. The maximum atomic E-state index is 10.8. The first-order valence-electron chi connectivity index (χ1n) is 4.79. The quantitative estimate of drug-likeness (QED) is 0.595. The minimum atomic E-state index is -0.746. The van der Waals surface area contributed by atoms with Gasteiger partial charge in [0.15, 0.2) is 0 Å². The maximum absolute atomic E-state index is 10.8. The summed E-state index contributed by atoms with van der Waals surface area (Å²) in [5.41, 5.74) is 0. The number of aliphatic hydroxyl groups is 1. The van der Waals surface area contributed by atoms with E-state index in [1.54, 1.807) is 6.08 Å². The molecule has 0 spiro atoms. The van der Waals surface area contributed by atoms with Gasteiger partial charge in [-0.25, -0.2) is 0 Å². The zero-order valence-corrected chi connectivity index (χ0v) is 7.39. The second-order valence-corrected chi connectivity index (χ2v) is 3.95. The highest BCUT2D eigenvalue weighted by Crippen LogP contribution is 2.52. The van der Waals surface area contributed by atoms with Crippen molar-refractivity contribution in [2.24, 2.45) is 17.8 Å². The standard InChI is InChI=1S/C10H14O3/c11-7-5-3-1-2-4-6-8(7)9(6)10(12)13/h3,5-9,11H,1-2,4H2,(H,12,13)/b5-3-/t6-,7+,8-,9-/m1/s1. The second-order valence-electron chi connectivity index (χ2n) is 3.95. The lowest BCUT2D eigenvalue weighted by atomic mass is 10.0. The van der Waals surface area contributed by atoms with Crippen LogP contribution >= 0.6 is 0 Å². The molecule has 0 aromatic carbocycles. The van der Waals surface area contributed by atoms with Crippen molar-refractivity contribution in [3.63, 3.8) is 0 Å². The van der Waals surface area contributed by atoms with Gasteiger partial charge < -0.3 is 10.2 Å². The first-order chi connectivity index (χ1) is 6.22. The molecule has 0 bridgehead atoms. The number of aliphatic hydroxyl groups excluding tert-OH is 1. The van der Waals surface area contributed by atoms with E-state index in [0.29, 0.717) is 0 Å². The summed E-state index contributed by atoms with van der Waals surface area (Å²) in [6.45, 7) is 0. The fourth-order valence-corrected chi connectivity index (χ4v) is 2.42. The topological polar surface area (TPSA) is 57.5 Å². The van der Waals surface area contributed by atoms with Gasteiger partial charge in [-0.05, 0) is 25.2 Å². The molecule has 3 nitrogen and oxygen atoms in total. The molecule has 0 amide bonds. The van der Waals surface area contributed by atoms with Crippen LogP contribution in [0.1, 0.15) is 19.3 Å². The Morgan fingerprint density at radius 2 is 2.23 bits per heavy atom. The predicted molar refractivity (Wildman–Crippen MR) is 47.1 cm³/mol. The third kappa shape index (κ3) is 1.48. The number of rotatable bonds is 1. The van der Waals surface area contributed by atoms with E-state index in [-0.39, 0.29) is 17.8 Å². The van der Waals surface area contributed by atoms with Crippen molar-refractivity contribution in [1.82, 2.24) is 0 Å². The Labute approximate surface area is 77.1 Å². The highest BCUT2D eigenvalue weighted by atomic mass is 16.4. The second kappa shape index (κ2) is 3.14. The number of hydrogen-bond donors (Lipinski definition) is 2.